The Morgan fingerprint density at radius 3 is 2.22 bits per heavy atom. The van der Waals surface area contributed by atoms with E-state index in [4.69, 9.17) is 14.2 Å². The minimum atomic E-state index is -0.762. The fourth-order valence-electron chi connectivity index (χ4n) is 3.93. The number of ketones is 1. The summed E-state index contributed by atoms with van der Waals surface area (Å²) in [7, 11) is 2.93. The topological polar surface area (TPSA) is 85.3 Å². The zero-order valence-electron chi connectivity index (χ0n) is 19.0. The van der Waals surface area contributed by atoms with Crippen molar-refractivity contribution in [3.63, 3.8) is 0 Å². The van der Waals surface area contributed by atoms with Crippen LogP contribution in [-0.4, -0.2) is 55.2 Å². The number of aliphatic hydroxyl groups is 1. The molecule has 0 aliphatic carbocycles. The fourth-order valence-corrected chi connectivity index (χ4v) is 3.93. The fraction of sp³-hybridized carbons (Fsp3) is 0.360. The molecule has 2 aromatic carbocycles. The molecule has 7 nitrogen and oxygen atoms in total. The summed E-state index contributed by atoms with van der Waals surface area (Å²) in [5.41, 5.74) is 1.88. The number of carbonyl (C=O) groups is 2. The number of aryl methyl sites for hydroxylation is 1. The smallest absolute Gasteiger partial charge is 0.295 e. The number of Topliss-reactive ketones (excluding diaryl/α,β-unsaturated/α-hetero) is 1. The van der Waals surface area contributed by atoms with Gasteiger partial charge in [-0.3, -0.25) is 9.59 Å². The molecule has 1 atom stereocenters. The van der Waals surface area contributed by atoms with E-state index in [1.807, 2.05) is 45.0 Å². The standard InChI is InChI=1S/C25H29NO6/c1-15(2)32-14-13-26-22(17-10-7-6-9-16(17)3)21(24(28)25(26)29)23(27)20-18(30-4)11-8-12-19(20)31-5/h6-12,15,22,27H,13-14H2,1-5H3/b23-21+. The first-order valence-electron chi connectivity index (χ1n) is 10.5. The molecule has 1 amide bonds. The third-order valence-electron chi connectivity index (χ3n) is 5.47. The molecular formula is C25H29NO6. The second-order valence-electron chi connectivity index (χ2n) is 7.81. The van der Waals surface area contributed by atoms with Crippen LogP contribution in [0.15, 0.2) is 48.0 Å². The molecule has 1 unspecified atom stereocenters. The van der Waals surface area contributed by atoms with Gasteiger partial charge >= 0.3 is 0 Å². The van der Waals surface area contributed by atoms with E-state index >= 15 is 0 Å². The maximum Gasteiger partial charge on any atom is 0.295 e. The molecule has 2 aromatic rings. The zero-order valence-corrected chi connectivity index (χ0v) is 19.0. The number of methoxy groups -OCH3 is 2. The van der Waals surface area contributed by atoms with Crippen molar-refractivity contribution in [3.8, 4) is 11.5 Å². The van der Waals surface area contributed by atoms with Gasteiger partial charge in [-0.25, -0.2) is 0 Å². The van der Waals surface area contributed by atoms with E-state index in [2.05, 4.69) is 0 Å². The maximum atomic E-state index is 13.2. The highest BCUT2D eigenvalue weighted by molar-refractivity contribution is 6.46. The molecule has 1 N–H and O–H groups in total. The van der Waals surface area contributed by atoms with E-state index in [0.717, 1.165) is 11.1 Å². The number of nitrogens with zero attached hydrogens (tertiary/aromatic N) is 1. The Morgan fingerprint density at radius 1 is 1.03 bits per heavy atom. The van der Waals surface area contributed by atoms with Gasteiger partial charge in [0.1, 0.15) is 22.8 Å². The monoisotopic (exact) mass is 439 g/mol. The van der Waals surface area contributed by atoms with E-state index in [-0.39, 0.29) is 36.2 Å². The molecule has 1 heterocycles. The molecule has 0 radical (unpaired) electrons. The summed E-state index contributed by atoms with van der Waals surface area (Å²) >= 11 is 0. The van der Waals surface area contributed by atoms with Gasteiger partial charge in [0.15, 0.2) is 0 Å². The number of aliphatic hydroxyl groups excluding tert-OH is 1. The van der Waals surface area contributed by atoms with Crippen molar-refractivity contribution in [1.82, 2.24) is 4.90 Å². The van der Waals surface area contributed by atoms with Gasteiger partial charge in [0.2, 0.25) is 0 Å². The van der Waals surface area contributed by atoms with Gasteiger partial charge in [-0.05, 0) is 44.0 Å². The van der Waals surface area contributed by atoms with Gasteiger partial charge in [-0.1, -0.05) is 30.3 Å². The predicted octanol–water partition coefficient (Wildman–Crippen LogP) is 3.86. The van der Waals surface area contributed by atoms with E-state index in [9.17, 15) is 14.7 Å². The largest absolute Gasteiger partial charge is 0.506 e. The van der Waals surface area contributed by atoms with Crippen molar-refractivity contribution in [2.75, 3.05) is 27.4 Å². The lowest BCUT2D eigenvalue weighted by Gasteiger charge is -2.27. The van der Waals surface area contributed by atoms with Crippen LogP contribution in [0, 0.1) is 6.92 Å². The summed E-state index contributed by atoms with van der Waals surface area (Å²) in [5, 5.41) is 11.4. The minimum absolute atomic E-state index is 0.00310. The van der Waals surface area contributed by atoms with E-state index in [1.165, 1.54) is 19.1 Å². The van der Waals surface area contributed by atoms with Crippen LogP contribution >= 0.6 is 0 Å². The van der Waals surface area contributed by atoms with Crippen LogP contribution in [0.25, 0.3) is 5.76 Å². The Balaban J connectivity index is 2.22. The summed E-state index contributed by atoms with van der Waals surface area (Å²) in [6.07, 6.45) is -0.0124. The van der Waals surface area contributed by atoms with Crippen molar-refractivity contribution < 1.29 is 28.9 Å². The first-order valence-corrected chi connectivity index (χ1v) is 10.5. The van der Waals surface area contributed by atoms with Crippen LogP contribution in [0.2, 0.25) is 0 Å². The van der Waals surface area contributed by atoms with Gasteiger partial charge in [0.05, 0.1) is 38.5 Å². The number of carbonyl (C=O) groups excluding carboxylic acids is 2. The van der Waals surface area contributed by atoms with Gasteiger partial charge in [-0.15, -0.1) is 0 Å². The number of likely N-dealkylation sites (tertiary alicyclic amines) is 1. The van der Waals surface area contributed by atoms with Crippen LogP contribution < -0.4 is 9.47 Å². The Labute approximate surface area is 188 Å². The van der Waals surface area contributed by atoms with Crippen LogP contribution in [0.3, 0.4) is 0 Å². The molecule has 1 saturated heterocycles. The average molecular weight is 440 g/mol. The second-order valence-corrected chi connectivity index (χ2v) is 7.81. The SMILES string of the molecule is COc1cccc(OC)c1/C(O)=C1\C(=O)C(=O)N(CCOC(C)C)C1c1ccccc1C. The lowest BCUT2D eigenvalue weighted by atomic mass is 9.92. The number of benzene rings is 2. The zero-order chi connectivity index (χ0) is 23.4. The molecule has 0 spiro atoms. The number of ether oxygens (including phenoxy) is 3. The van der Waals surface area contributed by atoms with Crippen LogP contribution in [0.1, 0.15) is 36.6 Å². The predicted molar refractivity (Wildman–Crippen MR) is 121 cm³/mol. The summed E-state index contributed by atoms with van der Waals surface area (Å²) in [6.45, 7) is 6.19. The molecule has 170 valence electrons. The molecule has 0 saturated carbocycles. The molecule has 1 fully saturated rings. The lowest BCUT2D eigenvalue weighted by Crippen LogP contribution is -2.33. The van der Waals surface area contributed by atoms with E-state index in [1.54, 1.807) is 18.2 Å². The Morgan fingerprint density at radius 2 is 1.66 bits per heavy atom. The Bertz CT molecular complexity index is 1020. The third kappa shape index (κ3) is 4.34. The summed E-state index contributed by atoms with van der Waals surface area (Å²) in [6, 6.07) is 11.8. The normalized spacial score (nSPS) is 17.8. The highest BCUT2D eigenvalue weighted by Crippen LogP contribution is 2.43. The third-order valence-corrected chi connectivity index (χ3v) is 5.47. The molecule has 0 aromatic heterocycles. The molecule has 0 bridgehead atoms. The molecular weight excluding hydrogens is 410 g/mol. The number of amides is 1. The molecule has 1 aliphatic heterocycles. The quantitative estimate of drug-likeness (QED) is 0.382. The van der Waals surface area contributed by atoms with Gasteiger partial charge in [0.25, 0.3) is 11.7 Å². The second kappa shape index (κ2) is 9.87. The molecule has 32 heavy (non-hydrogen) atoms. The first kappa shape index (κ1) is 23.3. The van der Waals surface area contributed by atoms with Gasteiger partial charge < -0.3 is 24.2 Å². The van der Waals surface area contributed by atoms with Crippen molar-refractivity contribution in [2.24, 2.45) is 0 Å². The summed E-state index contributed by atoms with van der Waals surface area (Å²) < 4.78 is 16.5. The average Bonchev–Trinajstić information content (AvgIpc) is 3.03. The first-order chi connectivity index (χ1) is 15.3. The lowest BCUT2D eigenvalue weighted by molar-refractivity contribution is -0.140. The van der Waals surface area contributed by atoms with E-state index < -0.39 is 17.7 Å². The van der Waals surface area contributed by atoms with Crippen molar-refractivity contribution in [3.05, 3.63) is 64.7 Å². The van der Waals surface area contributed by atoms with Crippen molar-refractivity contribution in [2.45, 2.75) is 32.9 Å². The highest BCUT2D eigenvalue weighted by atomic mass is 16.5. The van der Waals surface area contributed by atoms with E-state index in [0.29, 0.717) is 11.5 Å². The molecule has 3 rings (SSSR count). The highest BCUT2D eigenvalue weighted by Gasteiger charge is 2.46. The Kier molecular flexibility index (Phi) is 7.20. The van der Waals surface area contributed by atoms with Crippen molar-refractivity contribution >= 4 is 17.4 Å². The number of hydrogen-bond donors (Lipinski definition) is 1. The van der Waals surface area contributed by atoms with Gasteiger partial charge in [-0.2, -0.15) is 0 Å². The van der Waals surface area contributed by atoms with Crippen LogP contribution in [0.4, 0.5) is 0 Å². The summed E-state index contributed by atoms with van der Waals surface area (Å²) in [4.78, 5) is 27.7. The minimum Gasteiger partial charge on any atom is -0.506 e. The van der Waals surface area contributed by atoms with Crippen molar-refractivity contribution in [1.29, 1.82) is 0 Å². The van der Waals surface area contributed by atoms with Gasteiger partial charge in [0, 0.05) is 6.54 Å². The molecule has 1 aliphatic rings. The maximum absolute atomic E-state index is 13.2. The summed E-state index contributed by atoms with van der Waals surface area (Å²) in [5.74, 6) is -1.10. The van der Waals surface area contributed by atoms with Crippen LogP contribution in [0.5, 0.6) is 11.5 Å². The number of rotatable bonds is 8. The number of hydrogen-bond acceptors (Lipinski definition) is 6. The van der Waals surface area contributed by atoms with Crippen LogP contribution in [-0.2, 0) is 14.3 Å². The molecule has 7 heteroatoms. The Hall–Kier alpha value is -3.32.